The van der Waals surface area contributed by atoms with Gasteiger partial charge >= 0.3 is 0 Å². The van der Waals surface area contributed by atoms with Crippen molar-refractivity contribution >= 4 is 6.08 Å². The molecule has 0 aliphatic carbocycles. The van der Waals surface area contributed by atoms with Crippen LogP contribution < -0.4 is 0 Å². The molecule has 0 aliphatic heterocycles. The predicted molar refractivity (Wildman–Crippen MR) is 82.7 cm³/mol. The molecule has 2 aromatic carbocycles. The van der Waals surface area contributed by atoms with E-state index in [1.807, 2.05) is 0 Å². The van der Waals surface area contributed by atoms with Crippen LogP contribution in [0.2, 0.25) is 0 Å². The molecule has 0 bridgehead atoms. The number of aliphatic hydroxyl groups excluding tert-OH is 2. The first-order valence-corrected chi connectivity index (χ1v) is 6.79. The molecule has 0 amide bonds. The first kappa shape index (κ1) is 15.9. The Labute approximate surface area is 128 Å². The molecule has 2 aromatic rings. The molecule has 5 heteroatoms. The number of hydrogen-bond acceptors (Lipinski definition) is 5. The van der Waals surface area contributed by atoms with Crippen molar-refractivity contribution in [2.24, 2.45) is 0 Å². The van der Waals surface area contributed by atoms with E-state index >= 15 is 0 Å². The topological polar surface area (TPSA) is 101 Å². The number of phenols is 3. The average Bonchev–Trinajstić information content (AvgIpc) is 2.52. The zero-order chi connectivity index (χ0) is 16.1. The highest BCUT2D eigenvalue weighted by atomic mass is 16.3. The number of phenolic OH excluding ortho intramolecular Hbond substituents is 3. The highest BCUT2D eigenvalue weighted by Crippen LogP contribution is 2.31. The summed E-state index contributed by atoms with van der Waals surface area (Å²) in [5.74, 6) is -0.924. The third-order valence-corrected chi connectivity index (χ3v) is 3.38. The predicted octanol–water partition coefficient (Wildman–Crippen LogP) is 1.95. The SMILES string of the molecule is OC[C@H](O)[C@H](C=Cc1ccc(O)cc1)c1ccc(O)c(O)c1. The van der Waals surface area contributed by atoms with Crippen LogP contribution >= 0.6 is 0 Å². The minimum Gasteiger partial charge on any atom is -0.508 e. The van der Waals surface area contributed by atoms with Crippen LogP contribution in [-0.2, 0) is 0 Å². The van der Waals surface area contributed by atoms with Crippen LogP contribution in [0.15, 0.2) is 48.5 Å². The summed E-state index contributed by atoms with van der Waals surface area (Å²) < 4.78 is 0. The van der Waals surface area contributed by atoms with Crippen LogP contribution in [0, 0.1) is 0 Å². The van der Waals surface area contributed by atoms with Crippen molar-refractivity contribution < 1.29 is 25.5 Å². The zero-order valence-corrected chi connectivity index (χ0v) is 11.8. The molecule has 0 heterocycles. The molecule has 5 nitrogen and oxygen atoms in total. The van der Waals surface area contributed by atoms with Gasteiger partial charge in [-0.05, 0) is 35.4 Å². The van der Waals surface area contributed by atoms with Gasteiger partial charge in [-0.25, -0.2) is 0 Å². The van der Waals surface area contributed by atoms with Crippen LogP contribution in [0.25, 0.3) is 6.08 Å². The fourth-order valence-electron chi connectivity index (χ4n) is 2.12. The molecule has 2 rings (SSSR count). The van der Waals surface area contributed by atoms with Gasteiger partial charge in [0.25, 0.3) is 0 Å². The number of aliphatic hydroxyl groups is 2. The Kier molecular flexibility index (Phi) is 5.04. The second-order valence-corrected chi connectivity index (χ2v) is 4.97. The van der Waals surface area contributed by atoms with Crippen molar-refractivity contribution in [1.29, 1.82) is 0 Å². The smallest absolute Gasteiger partial charge is 0.157 e. The van der Waals surface area contributed by atoms with E-state index in [0.717, 1.165) is 5.56 Å². The molecule has 22 heavy (non-hydrogen) atoms. The van der Waals surface area contributed by atoms with Gasteiger partial charge in [-0.1, -0.05) is 30.4 Å². The number of aromatic hydroxyl groups is 3. The van der Waals surface area contributed by atoms with Gasteiger partial charge in [0, 0.05) is 5.92 Å². The van der Waals surface area contributed by atoms with Crippen molar-refractivity contribution in [3.8, 4) is 17.2 Å². The molecule has 0 saturated carbocycles. The van der Waals surface area contributed by atoms with Gasteiger partial charge in [-0.15, -0.1) is 0 Å². The van der Waals surface area contributed by atoms with Crippen molar-refractivity contribution in [3.63, 3.8) is 0 Å². The van der Waals surface area contributed by atoms with Gasteiger partial charge in [0.1, 0.15) is 5.75 Å². The van der Waals surface area contributed by atoms with E-state index in [4.69, 9.17) is 0 Å². The summed E-state index contributed by atoms with van der Waals surface area (Å²) in [7, 11) is 0. The maximum absolute atomic E-state index is 9.97. The first-order valence-electron chi connectivity index (χ1n) is 6.79. The Morgan fingerprint density at radius 2 is 1.59 bits per heavy atom. The van der Waals surface area contributed by atoms with E-state index in [1.54, 1.807) is 42.5 Å². The lowest BCUT2D eigenvalue weighted by atomic mass is 9.92. The van der Waals surface area contributed by atoms with Gasteiger partial charge in [0.2, 0.25) is 0 Å². The number of hydrogen-bond donors (Lipinski definition) is 5. The fraction of sp³-hybridized carbons (Fsp3) is 0.176. The molecule has 2 atom stereocenters. The monoisotopic (exact) mass is 302 g/mol. The Hall–Kier alpha value is -2.50. The van der Waals surface area contributed by atoms with Crippen LogP contribution in [-0.4, -0.2) is 38.2 Å². The van der Waals surface area contributed by atoms with Crippen LogP contribution in [0.3, 0.4) is 0 Å². The van der Waals surface area contributed by atoms with Gasteiger partial charge < -0.3 is 25.5 Å². The van der Waals surface area contributed by atoms with E-state index < -0.39 is 18.6 Å². The van der Waals surface area contributed by atoms with Crippen LogP contribution in [0.1, 0.15) is 17.0 Å². The first-order chi connectivity index (χ1) is 10.5. The summed E-state index contributed by atoms with van der Waals surface area (Å²) >= 11 is 0. The summed E-state index contributed by atoms with van der Waals surface area (Å²) in [6.07, 6.45) is 2.39. The Morgan fingerprint density at radius 3 is 2.18 bits per heavy atom. The minimum absolute atomic E-state index is 0.160. The lowest BCUT2D eigenvalue weighted by molar-refractivity contribution is 0.0842. The van der Waals surface area contributed by atoms with Crippen molar-refractivity contribution in [1.82, 2.24) is 0 Å². The highest BCUT2D eigenvalue weighted by molar-refractivity contribution is 5.53. The Bertz CT molecular complexity index is 649. The number of benzene rings is 2. The summed E-state index contributed by atoms with van der Waals surface area (Å²) in [6, 6.07) is 10.8. The normalized spacial score (nSPS) is 14.1. The standard InChI is InChI=1S/C17H18O5/c18-10-17(22)14(12-4-8-15(20)16(21)9-12)7-3-11-1-5-13(19)6-2-11/h1-9,14,17-22H,10H2/t14-,17+/m1/s1. The maximum atomic E-state index is 9.97. The molecule has 0 fully saturated rings. The molecule has 0 aliphatic rings. The largest absolute Gasteiger partial charge is 0.508 e. The molecule has 0 spiro atoms. The summed E-state index contributed by atoms with van der Waals surface area (Å²) in [5, 5.41) is 47.3. The fourth-order valence-corrected chi connectivity index (χ4v) is 2.12. The minimum atomic E-state index is -1.04. The van der Waals surface area contributed by atoms with Crippen molar-refractivity contribution in [2.45, 2.75) is 12.0 Å². The number of rotatable bonds is 5. The third kappa shape index (κ3) is 3.78. The molecule has 0 saturated heterocycles. The van der Waals surface area contributed by atoms with Gasteiger partial charge in [-0.2, -0.15) is 0 Å². The Morgan fingerprint density at radius 1 is 0.909 bits per heavy atom. The van der Waals surface area contributed by atoms with Gasteiger partial charge in [0.05, 0.1) is 12.7 Å². The lowest BCUT2D eigenvalue weighted by Gasteiger charge is -2.19. The molecular weight excluding hydrogens is 284 g/mol. The summed E-state index contributed by atoms with van der Waals surface area (Å²) in [5.41, 5.74) is 1.38. The molecule has 0 radical (unpaired) electrons. The zero-order valence-electron chi connectivity index (χ0n) is 11.8. The summed E-state index contributed by atoms with van der Waals surface area (Å²) in [6.45, 7) is -0.438. The van der Waals surface area contributed by atoms with E-state index in [2.05, 4.69) is 0 Å². The second-order valence-electron chi connectivity index (χ2n) is 4.97. The Balaban J connectivity index is 2.29. The molecule has 0 aromatic heterocycles. The molecular formula is C17H18O5. The van der Waals surface area contributed by atoms with Crippen LogP contribution in [0.4, 0.5) is 0 Å². The van der Waals surface area contributed by atoms with Gasteiger partial charge in [-0.3, -0.25) is 0 Å². The molecule has 0 unspecified atom stereocenters. The second kappa shape index (κ2) is 6.98. The lowest BCUT2D eigenvalue weighted by Crippen LogP contribution is -2.20. The van der Waals surface area contributed by atoms with Crippen molar-refractivity contribution in [3.05, 3.63) is 59.7 Å². The van der Waals surface area contributed by atoms with E-state index in [-0.39, 0.29) is 17.2 Å². The third-order valence-electron chi connectivity index (χ3n) is 3.38. The van der Waals surface area contributed by atoms with Gasteiger partial charge in [0.15, 0.2) is 11.5 Å². The quantitative estimate of drug-likeness (QED) is 0.543. The van der Waals surface area contributed by atoms with E-state index in [1.165, 1.54) is 12.1 Å². The van der Waals surface area contributed by atoms with E-state index in [9.17, 15) is 25.5 Å². The van der Waals surface area contributed by atoms with Crippen molar-refractivity contribution in [2.75, 3.05) is 6.61 Å². The maximum Gasteiger partial charge on any atom is 0.157 e. The highest BCUT2D eigenvalue weighted by Gasteiger charge is 2.19. The molecule has 116 valence electrons. The summed E-state index contributed by atoms with van der Waals surface area (Å²) in [4.78, 5) is 0. The van der Waals surface area contributed by atoms with E-state index in [0.29, 0.717) is 5.56 Å². The van der Waals surface area contributed by atoms with Crippen LogP contribution in [0.5, 0.6) is 17.2 Å². The average molecular weight is 302 g/mol. The molecule has 5 N–H and O–H groups in total.